The van der Waals surface area contributed by atoms with E-state index in [0.29, 0.717) is 29.2 Å². The van der Waals surface area contributed by atoms with E-state index in [1.165, 1.54) is 6.42 Å². The number of ether oxygens (including phenoxy) is 2. The van der Waals surface area contributed by atoms with Crippen molar-refractivity contribution in [3.8, 4) is 11.5 Å². The summed E-state index contributed by atoms with van der Waals surface area (Å²) in [6.07, 6.45) is 8.87. The molecule has 1 fully saturated rings. The quantitative estimate of drug-likeness (QED) is 0.891. The smallest absolute Gasteiger partial charge is 0.262 e. The first-order valence-corrected chi connectivity index (χ1v) is 9.33. The van der Waals surface area contributed by atoms with E-state index in [2.05, 4.69) is 10.3 Å². The molecule has 140 valence electrons. The van der Waals surface area contributed by atoms with Crippen LogP contribution in [0.4, 0.5) is 5.69 Å². The van der Waals surface area contributed by atoms with Crippen LogP contribution in [-0.2, 0) is 4.79 Å². The second kappa shape index (κ2) is 7.39. The maximum atomic E-state index is 12.5. The molecule has 1 saturated carbocycles. The third-order valence-electron chi connectivity index (χ3n) is 5.16. The minimum Gasteiger partial charge on any atom is -0.486 e. The highest BCUT2D eigenvalue weighted by atomic mass is 16.5. The lowest BCUT2D eigenvalue weighted by molar-refractivity contribution is -0.118. The molecule has 1 N–H and O–H groups in total. The van der Waals surface area contributed by atoms with E-state index in [0.717, 1.165) is 25.7 Å². The topological polar surface area (TPSA) is 77.5 Å². The van der Waals surface area contributed by atoms with E-state index >= 15 is 0 Å². The highest BCUT2D eigenvalue weighted by molar-refractivity contribution is 6.00. The molecule has 6 nitrogen and oxygen atoms in total. The largest absolute Gasteiger partial charge is 0.486 e. The molecule has 2 aliphatic rings. The van der Waals surface area contributed by atoms with E-state index in [1.54, 1.807) is 42.7 Å². The molecule has 1 spiro atoms. The molecule has 0 unspecified atom stereocenters. The number of aromatic nitrogens is 1. The van der Waals surface area contributed by atoms with Crippen molar-refractivity contribution in [3.63, 3.8) is 0 Å². The molecule has 1 amide bonds. The van der Waals surface area contributed by atoms with Crippen LogP contribution < -0.4 is 14.8 Å². The molecule has 0 bridgehead atoms. The summed E-state index contributed by atoms with van der Waals surface area (Å²) >= 11 is 0. The first-order valence-electron chi connectivity index (χ1n) is 9.33. The normalized spacial score (nSPS) is 17.7. The Bertz CT molecular complexity index is 845. The fourth-order valence-corrected chi connectivity index (χ4v) is 3.82. The zero-order valence-corrected chi connectivity index (χ0v) is 15.1. The van der Waals surface area contributed by atoms with Gasteiger partial charge in [0, 0.05) is 24.1 Å². The van der Waals surface area contributed by atoms with Crippen LogP contribution in [0.15, 0.2) is 42.7 Å². The first-order chi connectivity index (χ1) is 13.1. The van der Waals surface area contributed by atoms with E-state index in [-0.39, 0.29) is 23.9 Å². The number of anilines is 1. The van der Waals surface area contributed by atoms with E-state index in [9.17, 15) is 9.59 Å². The van der Waals surface area contributed by atoms with Gasteiger partial charge in [0.15, 0.2) is 12.4 Å². The third-order valence-corrected chi connectivity index (χ3v) is 5.16. The fraction of sp³-hybridized carbons (Fsp3) is 0.381. The molecule has 1 aromatic carbocycles. The summed E-state index contributed by atoms with van der Waals surface area (Å²) in [5.41, 5.74) is 0.900. The summed E-state index contributed by atoms with van der Waals surface area (Å²) in [5.74, 6) is 0.944. The van der Waals surface area contributed by atoms with E-state index in [1.807, 2.05) is 0 Å². The Labute approximate surface area is 157 Å². The average molecular weight is 366 g/mol. The molecule has 0 radical (unpaired) electrons. The second-order valence-corrected chi connectivity index (χ2v) is 7.18. The van der Waals surface area contributed by atoms with Crippen molar-refractivity contribution >= 4 is 17.4 Å². The van der Waals surface area contributed by atoms with Gasteiger partial charge in [-0.1, -0.05) is 6.42 Å². The molecular formula is C21H22N2O4. The van der Waals surface area contributed by atoms with Gasteiger partial charge < -0.3 is 14.8 Å². The Morgan fingerprint density at radius 2 is 1.93 bits per heavy atom. The Morgan fingerprint density at radius 1 is 1.15 bits per heavy atom. The number of hydrogen-bond donors (Lipinski definition) is 1. The summed E-state index contributed by atoms with van der Waals surface area (Å²) in [7, 11) is 0. The minimum atomic E-state index is -0.361. The molecule has 0 atom stereocenters. The predicted octanol–water partition coefficient (Wildman–Crippen LogP) is 3.77. The van der Waals surface area contributed by atoms with Gasteiger partial charge in [0.25, 0.3) is 5.91 Å². The van der Waals surface area contributed by atoms with Crippen LogP contribution in [-0.4, -0.2) is 28.9 Å². The van der Waals surface area contributed by atoms with Crippen LogP contribution in [0.3, 0.4) is 0 Å². The summed E-state index contributed by atoms with van der Waals surface area (Å²) < 4.78 is 11.9. The van der Waals surface area contributed by atoms with E-state index in [4.69, 9.17) is 9.47 Å². The number of pyridine rings is 1. The minimum absolute atomic E-state index is 0.125. The Morgan fingerprint density at radius 3 is 2.70 bits per heavy atom. The first kappa shape index (κ1) is 17.5. The number of benzene rings is 1. The molecule has 1 aromatic heterocycles. The van der Waals surface area contributed by atoms with Crippen molar-refractivity contribution < 1.29 is 19.1 Å². The van der Waals surface area contributed by atoms with Gasteiger partial charge in [-0.25, -0.2) is 0 Å². The molecule has 1 aliphatic heterocycles. The van der Waals surface area contributed by atoms with Crippen LogP contribution in [0.5, 0.6) is 11.5 Å². The molecule has 0 saturated heterocycles. The number of nitrogens with zero attached hydrogens (tertiary/aromatic N) is 1. The van der Waals surface area contributed by atoms with E-state index < -0.39 is 0 Å². The summed E-state index contributed by atoms with van der Waals surface area (Å²) in [4.78, 5) is 28.5. The molecular weight excluding hydrogens is 344 g/mol. The van der Waals surface area contributed by atoms with Gasteiger partial charge in [-0.05, 0) is 49.9 Å². The molecule has 6 heteroatoms. The Kier molecular flexibility index (Phi) is 4.79. The van der Waals surface area contributed by atoms with Gasteiger partial charge in [-0.15, -0.1) is 0 Å². The van der Waals surface area contributed by atoms with Crippen molar-refractivity contribution in [2.45, 2.75) is 44.1 Å². The number of Topliss-reactive ketones (excluding diaryl/α,β-unsaturated/α-hetero) is 1. The zero-order chi connectivity index (χ0) is 18.7. The summed E-state index contributed by atoms with van der Waals surface area (Å²) in [6.45, 7) is -0.125. The number of ketones is 1. The standard InChI is InChI=1S/C21H22N2O4/c24-18-13-21(8-2-1-3-9-21)27-19-12-16(4-5-17(18)19)26-14-20(25)23-15-6-10-22-11-7-15/h4-7,10-12H,1-3,8-9,13-14H2,(H,22,23,25). The molecule has 4 rings (SSSR count). The summed E-state index contributed by atoms with van der Waals surface area (Å²) in [6, 6.07) is 8.57. The van der Waals surface area contributed by atoms with Crippen LogP contribution in [0.1, 0.15) is 48.9 Å². The number of fused-ring (bicyclic) bond motifs is 1. The van der Waals surface area contributed by atoms with Gasteiger partial charge >= 0.3 is 0 Å². The van der Waals surface area contributed by atoms with Crippen molar-refractivity contribution in [3.05, 3.63) is 48.3 Å². The monoisotopic (exact) mass is 366 g/mol. The predicted molar refractivity (Wildman–Crippen MR) is 100 cm³/mol. The second-order valence-electron chi connectivity index (χ2n) is 7.18. The van der Waals surface area contributed by atoms with Gasteiger partial charge in [-0.3, -0.25) is 14.6 Å². The maximum absolute atomic E-state index is 12.5. The Balaban J connectivity index is 1.42. The van der Waals surface area contributed by atoms with Crippen LogP contribution in [0, 0.1) is 0 Å². The van der Waals surface area contributed by atoms with Gasteiger partial charge in [-0.2, -0.15) is 0 Å². The SMILES string of the molecule is O=C(COc1ccc2c(c1)OC1(CCCCC1)CC2=O)Nc1ccncc1. The number of amides is 1. The molecule has 2 aromatic rings. The lowest BCUT2D eigenvalue weighted by Crippen LogP contribution is -2.43. The van der Waals surface area contributed by atoms with Crippen LogP contribution in [0.25, 0.3) is 0 Å². The lowest BCUT2D eigenvalue weighted by Gasteiger charge is -2.40. The molecule has 1 aliphatic carbocycles. The lowest BCUT2D eigenvalue weighted by atomic mass is 9.78. The van der Waals surface area contributed by atoms with Gasteiger partial charge in [0.1, 0.15) is 17.1 Å². The van der Waals surface area contributed by atoms with Crippen LogP contribution in [0.2, 0.25) is 0 Å². The maximum Gasteiger partial charge on any atom is 0.262 e. The summed E-state index contributed by atoms with van der Waals surface area (Å²) in [5, 5.41) is 2.74. The zero-order valence-electron chi connectivity index (χ0n) is 15.1. The van der Waals surface area contributed by atoms with Gasteiger partial charge in [0.2, 0.25) is 0 Å². The number of nitrogens with one attached hydrogen (secondary N) is 1. The highest BCUT2D eigenvalue weighted by Crippen LogP contribution is 2.42. The molecule has 2 heterocycles. The van der Waals surface area contributed by atoms with Gasteiger partial charge in [0.05, 0.1) is 12.0 Å². The number of rotatable bonds is 4. The molecule has 27 heavy (non-hydrogen) atoms. The number of carbonyl (C=O) groups is 2. The number of carbonyl (C=O) groups excluding carboxylic acids is 2. The van der Waals surface area contributed by atoms with Crippen molar-refractivity contribution in [1.82, 2.24) is 4.98 Å². The van der Waals surface area contributed by atoms with Crippen LogP contribution >= 0.6 is 0 Å². The third kappa shape index (κ3) is 3.94. The number of hydrogen-bond acceptors (Lipinski definition) is 5. The van der Waals surface area contributed by atoms with Crippen molar-refractivity contribution in [1.29, 1.82) is 0 Å². The highest BCUT2D eigenvalue weighted by Gasteiger charge is 2.41. The Hall–Kier alpha value is -2.89. The average Bonchev–Trinajstić information content (AvgIpc) is 2.67. The fourth-order valence-electron chi connectivity index (χ4n) is 3.82. The van der Waals surface area contributed by atoms with Crippen molar-refractivity contribution in [2.75, 3.05) is 11.9 Å². The van der Waals surface area contributed by atoms with Crippen molar-refractivity contribution in [2.24, 2.45) is 0 Å².